The van der Waals surface area contributed by atoms with E-state index in [0.717, 1.165) is 17.8 Å². The molecule has 2 heterocycles. The van der Waals surface area contributed by atoms with E-state index in [-0.39, 0.29) is 22.2 Å². The van der Waals surface area contributed by atoms with Gasteiger partial charge in [-0.25, -0.2) is 9.82 Å². The molecule has 28 heavy (non-hydrogen) atoms. The van der Waals surface area contributed by atoms with Crippen molar-refractivity contribution in [2.24, 2.45) is 5.10 Å². The highest BCUT2D eigenvalue weighted by molar-refractivity contribution is 5.94. The van der Waals surface area contributed by atoms with Gasteiger partial charge in [-0.3, -0.25) is 14.7 Å². The van der Waals surface area contributed by atoms with Crippen molar-refractivity contribution in [3.8, 4) is 11.3 Å². The van der Waals surface area contributed by atoms with Crippen LogP contribution in [0.2, 0.25) is 0 Å². The van der Waals surface area contributed by atoms with Crippen LogP contribution in [0.3, 0.4) is 0 Å². The first-order valence-electron chi connectivity index (χ1n) is 8.27. The lowest BCUT2D eigenvalue weighted by atomic mass is 10.1. The molecule has 0 atom stereocenters. The first kappa shape index (κ1) is 17.3. The molecule has 0 aliphatic heterocycles. The molecular weight excluding hydrogens is 363 g/mol. The van der Waals surface area contributed by atoms with Gasteiger partial charge in [-0.15, -0.1) is 0 Å². The Hall–Kier alpha value is -4.07. The van der Waals surface area contributed by atoms with Crippen LogP contribution in [0.25, 0.3) is 22.2 Å². The molecular formula is C20H13FN4O3. The van der Waals surface area contributed by atoms with Gasteiger partial charge in [0.25, 0.3) is 5.91 Å². The maximum Gasteiger partial charge on any atom is 0.289 e. The van der Waals surface area contributed by atoms with E-state index in [4.69, 9.17) is 4.42 Å². The topological polar surface area (TPSA) is 100 Å². The van der Waals surface area contributed by atoms with Crippen molar-refractivity contribution in [3.63, 3.8) is 0 Å². The molecule has 2 aromatic heterocycles. The fourth-order valence-corrected chi connectivity index (χ4v) is 2.62. The van der Waals surface area contributed by atoms with Gasteiger partial charge < -0.3 is 4.42 Å². The number of aromatic nitrogens is 2. The summed E-state index contributed by atoms with van der Waals surface area (Å²) in [6.45, 7) is 0. The summed E-state index contributed by atoms with van der Waals surface area (Å²) >= 11 is 0. The van der Waals surface area contributed by atoms with E-state index < -0.39 is 17.2 Å². The number of fused-ring (bicyclic) bond motifs is 1. The molecule has 0 fully saturated rings. The number of aromatic amines is 1. The fourth-order valence-electron chi connectivity index (χ4n) is 2.62. The number of amides is 1. The highest BCUT2D eigenvalue weighted by atomic mass is 19.1. The Balaban J connectivity index is 1.50. The molecule has 0 spiro atoms. The van der Waals surface area contributed by atoms with Crippen molar-refractivity contribution in [1.82, 2.24) is 15.6 Å². The Morgan fingerprint density at radius 2 is 2.00 bits per heavy atom. The van der Waals surface area contributed by atoms with Crippen LogP contribution in [0, 0.1) is 5.82 Å². The molecule has 2 N–H and O–H groups in total. The monoisotopic (exact) mass is 376 g/mol. The SMILES string of the molecule is O=C(N/N=C/c1coc2ccc(F)cc2c1=O)c1cc(-c2ccccc2)n[nH]1. The molecule has 0 radical (unpaired) electrons. The van der Waals surface area contributed by atoms with Crippen LogP contribution in [-0.2, 0) is 0 Å². The van der Waals surface area contributed by atoms with Crippen LogP contribution in [-0.4, -0.2) is 22.3 Å². The number of carbonyl (C=O) groups is 1. The maximum atomic E-state index is 13.3. The summed E-state index contributed by atoms with van der Waals surface area (Å²) < 4.78 is 18.6. The van der Waals surface area contributed by atoms with E-state index in [2.05, 4.69) is 20.7 Å². The van der Waals surface area contributed by atoms with Crippen molar-refractivity contribution in [2.45, 2.75) is 0 Å². The molecule has 4 rings (SSSR count). The summed E-state index contributed by atoms with van der Waals surface area (Å²) in [5.41, 5.74) is 3.88. The van der Waals surface area contributed by atoms with E-state index in [1.807, 2.05) is 30.3 Å². The molecule has 2 aromatic carbocycles. The second-order valence-corrected chi connectivity index (χ2v) is 5.89. The Kier molecular flexibility index (Phi) is 4.51. The summed E-state index contributed by atoms with van der Waals surface area (Å²) in [5.74, 6) is -1.07. The minimum atomic E-state index is -0.546. The number of H-pyrrole nitrogens is 1. The molecule has 0 aliphatic carbocycles. The maximum absolute atomic E-state index is 13.3. The average Bonchev–Trinajstić information content (AvgIpc) is 3.21. The van der Waals surface area contributed by atoms with E-state index in [1.54, 1.807) is 6.07 Å². The molecule has 0 aliphatic rings. The predicted octanol–water partition coefficient (Wildman–Crippen LogP) is 3.09. The number of nitrogens with one attached hydrogen (secondary N) is 2. The van der Waals surface area contributed by atoms with Gasteiger partial charge in [0.15, 0.2) is 0 Å². The molecule has 0 unspecified atom stereocenters. The van der Waals surface area contributed by atoms with Crippen LogP contribution in [0.1, 0.15) is 16.1 Å². The quantitative estimate of drug-likeness (QED) is 0.422. The largest absolute Gasteiger partial charge is 0.463 e. The van der Waals surface area contributed by atoms with Gasteiger partial charge in [0.2, 0.25) is 5.43 Å². The molecule has 0 bridgehead atoms. The molecule has 7 nitrogen and oxygen atoms in total. The Labute approximate surface area is 157 Å². The van der Waals surface area contributed by atoms with Crippen molar-refractivity contribution in [2.75, 3.05) is 0 Å². The van der Waals surface area contributed by atoms with Crippen LogP contribution < -0.4 is 10.9 Å². The average molecular weight is 376 g/mol. The van der Waals surface area contributed by atoms with E-state index in [9.17, 15) is 14.0 Å². The molecule has 8 heteroatoms. The minimum absolute atomic E-state index is 0.0768. The van der Waals surface area contributed by atoms with Crippen molar-refractivity contribution >= 4 is 23.1 Å². The number of carbonyl (C=O) groups excluding carboxylic acids is 1. The normalized spacial score (nSPS) is 11.2. The summed E-state index contributed by atoms with van der Waals surface area (Å²) in [5, 5.41) is 10.6. The van der Waals surface area contributed by atoms with Crippen LogP contribution in [0.15, 0.2) is 75.2 Å². The van der Waals surface area contributed by atoms with E-state index in [0.29, 0.717) is 5.69 Å². The first-order chi connectivity index (χ1) is 13.6. The number of halogens is 1. The molecule has 4 aromatic rings. The van der Waals surface area contributed by atoms with Crippen molar-refractivity contribution in [1.29, 1.82) is 0 Å². The first-order valence-corrected chi connectivity index (χ1v) is 8.27. The van der Waals surface area contributed by atoms with Crippen LogP contribution in [0.4, 0.5) is 4.39 Å². The lowest BCUT2D eigenvalue weighted by Crippen LogP contribution is -2.19. The van der Waals surface area contributed by atoms with Gasteiger partial charge in [0.1, 0.15) is 23.4 Å². The molecule has 1 amide bonds. The van der Waals surface area contributed by atoms with Crippen LogP contribution in [0.5, 0.6) is 0 Å². The predicted molar refractivity (Wildman–Crippen MR) is 102 cm³/mol. The van der Waals surface area contributed by atoms with Crippen LogP contribution >= 0.6 is 0 Å². The molecule has 0 saturated heterocycles. The zero-order chi connectivity index (χ0) is 19.5. The molecule has 138 valence electrons. The lowest BCUT2D eigenvalue weighted by Gasteiger charge is -1.99. The zero-order valence-corrected chi connectivity index (χ0v) is 14.3. The fraction of sp³-hybridized carbons (Fsp3) is 0. The lowest BCUT2D eigenvalue weighted by molar-refractivity contribution is 0.0950. The second-order valence-electron chi connectivity index (χ2n) is 5.89. The third kappa shape index (κ3) is 3.43. The third-order valence-corrected chi connectivity index (χ3v) is 4.02. The Morgan fingerprint density at radius 3 is 2.82 bits per heavy atom. The summed E-state index contributed by atoms with van der Waals surface area (Å²) in [7, 11) is 0. The van der Waals surface area contributed by atoms with Gasteiger partial charge in [-0.2, -0.15) is 10.2 Å². The van der Waals surface area contributed by atoms with Gasteiger partial charge in [0.05, 0.1) is 22.9 Å². The number of hydrogen-bond acceptors (Lipinski definition) is 5. The number of rotatable bonds is 4. The summed E-state index contributed by atoms with van der Waals surface area (Å²) in [4.78, 5) is 24.5. The standard InChI is InChI=1S/C20H13FN4O3/c21-14-6-7-18-15(8-14)19(26)13(11-28-18)10-22-25-20(27)17-9-16(23-24-17)12-4-2-1-3-5-12/h1-11H,(H,23,24)(H,25,27)/b22-10+. The van der Waals surface area contributed by atoms with Crippen molar-refractivity contribution in [3.05, 3.63) is 88.2 Å². The number of hydrogen-bond donors (Lipinski definition) is 2. The number of benzene rings is 2. The minimum Gasteiger partial charge on any atom is -0.463 e. The van der Waals surface area contributed by atoms with Crippen molar-refractivity contribution < 1.29 is 13.6 Å². The Bertz CT molecular complexity index is 1250. The van der Waals surface area contributed by atoms with Gasteiger partial charge in [-0.1, -0.05) is 30.3 Å². The number of nitrogens with zero attached hydrogens (tertiary/aromatic N) is 2. The van der Waals surface area contributed by atoms with E-state index >= 15 is 0 Å². The summed E-state index contributed by atoms with van der Waals surface area (Å²) in [6, 6.07) is 14.6. The highest BCUT2D eigenvalue weighted by Gasteiger charge is 2.11. The van der Waals surface area contributed by atoms with Gasteiger partial charge >= 0.3 is 0 Å². The second kappa shape index (κ2) is 7.28. The highest BCUT2D eigenvalue weighted by Crippen LogP contribution is 2.16. The van der Waals surface area contributed by atoms with E-state index in [1.165, 1.54) is 18.4 Å². The number of hydrazone groups is 1. The van der Waals surface area contributed by atoms with Gasteiger partial charge in [0, 0.05) is 5.56 Å². The Morgan fingerprint density at radius 1 is 1.18 bits per heavy atom. The smallest absolute Gasteiger partial charge is 0.289 e. The van der Waals surface area contributed by atoms with Gasteiger partial charge in [-0.05, 0) is 24.3 Å². The molecule has 0 saturated carbocycles. The zero-order valence-electron chi connectivity index (χ0n) is 14.3. The summed E-state index contributed by atoms with van der Waals surface area (Å²) in [6.07, 6.45) is 2.34. The third-order valence-electron chi connectivity index (χ3n) is 4.02.